The molecule has 1 N–H and O–H groups in total. The molecule has 0 aliphatic heterocycles. The van der Waals surface area contributed by atoms with Gasteiger partial charge < -0.3 is 5.11 Å². The predicted octanol–water partition coefficient (Wildman–Crippen LogP) is 1.54. The molecule has 0 unspecified atom stereocenters. The first-order valence-electron chi connectivity index (χ1n) is 5.62. The highest BCUT2D eigenvalue weighted by molar-refractivity contribution is 5.69. The van der Waals surface area contributed by atoms with E-state index in [1.807, 2.05) is 16.9 Å². The molecule has 0 aliphatic rings. The van der Waals surface area contributed by atoms with Crippen LogP contribution in [0.25, 0.3) is 0 Å². The molecule has 0 atom stereocenters. The molecule has 17 heavy (non-hydrogen) atoms. The van der Waals surface area contributed by atoms with Gasteiger partial charge in [-0.2, -0.15) is 5.10 Å². The van der Waals surface area contributed by atoms with E-state index in [9.17, 15) is 4.79 Å². The SMILES string of the molecule is C=CCN(CC(=O)O)Cc1ccn(C(C)C)n1. The van der Waals surface area contributed by atoms with Crippen LogP contribution in [0.5, 0.6) is 0 Å². The van der Waals surface area contributed by atoms with Gasteiger partial charge in [0.05, 0.1) is 12.2 Å². The van der Waals surface area contributed by atoms with E-state index in [4.69, 9.17) is 5.11 Å². The van der Waals surface area contributed by atoms with Crippen LogP contribution in [0.3, 0.4) is 0 Å². The second-order valence-electron chi connectivity index (χ2n) is 4.23. The highest BCUT2D eigenvalue weighted by Gasteiger charge is 2.11. The number of carboxylic acid groups (broad SMARTS) is 1. The molecule has 0 fully saturated rings. The van der Waals surface area contributed by atoms with Gasteiger partial charge in [0.2, 0.25) is 0 Å². The van der Waals surface area contributed by atoms with Crippen LogP contribution in [0.2, 0.25) is 0 Å². The third-order valence-corrected chi connectivity index (χ3v) is 2.32. The standard InChI is InChI=1S/C12H19N3O2/c1-4-6-14(9-12(16)17)8-11-5-7-15(13-11)10(2)3/h4-5,7,10H,1,6,8-9H2,2-3H3,(H,16,17). The van der Waals surface area contributed by atoms with E-state index in [-0.39, 0.29) is 6.54 Å². The van der Waals surface area contributed by atoms with Gasteiger partial charge in [-0.05, 0) is 19.9 Å². The maximum atomic E-state index is 10.7. The van der Waals surface area contributed by atoms with Crippen LogP contribution in [-0.4, -0.2) is 38.8 Å². The fourth-order valence-electron chi connectivity index (χ4n) is 1.54. The van der Waals surface area contributed by atoms with Crippen molar-refractivity contribution >= 4 is 5.97 Å². The maximum Gasteiger partial charge on any atom is 0.317 e. The van der Waals surface area contributed by atoms with Gasteiger partial charge in [-0.1, -0.05) is 6.08 Å². The average Bonchev–Trinajstić information content (AvgIpc) is 2.65. The van der Waals surface area contributed by atoms with Crippen LogP contribution in [0.1, 0.15) is 25.6 Å². The summed E-state index contributed by atoms with van der Waals surface area (Å²) in [5.41, 5.74) is 0.877. The van der Waals surface area contributed by atoms with Crippen molar-refractivity contribution in [3.05, 3.63) is 30.6 Å². The molecule has 5 heteroatoms. The van der Waals surface area contributed by atoms with E-state index in [0.717, 1.165) is 5.69 Å². The number of aliphatic carboxylic acids is 1. The second kappa shape index (κ2) is 6.20. The minimum absolute atomic E-state index is 0.000554. The molecule has 0 aliphatic carbocycles. The lowest BCUT2D eigenvalue weighted by Gasteiger charge is -2.16. The quantitative estimate of drug-likeness (QED) is 0.731. The van der Waals surface area contributed by atoms with Gasteiger partial charge in [-0.3, -0.25) is 14.4 Å². The zero-order chi connectivity index (χ0) is 12.8. The van der Waals surface area contributed by atoms with Crippen molar-refractivity contribution in [2.45, 2.75) is 26.4 Å². The number of rotatable bonds is 7. The van der Waals surface area contributed by atoms with Crippen molar-refractivity contribution in [1.82, 2.24) is 14.7 Å². The number of carboxylic acids is 1. The van der Waals surface area contributed by atoms with E-state index in [1.54, 1.807) is 11.0 Å². The zero-order valence-electron chi connectivity index (χ0n) is 10.3. The molecular weight excluding hydrogens is 218 g/mol. The van der Waals surface area contributed by atoms with Crippen LogP contribution in [-0.2, 0) is 11.3 Å². The fraction of sp³-hybridized carbons (Fsp3) is 0.500. The van der Waals surface area contributed by atoms with Gasteiger partial charge in [0, 0.05) is 25.3 Å². The molecule has 5 nitrogen and oxygen atoms in total. The molecule has 0 aromatic carbocycles. The lowest BCUT2D eigenvalue weighted by atomic mass is 10.3. The molecule has 0 radical (unpaired) electrons. The topological polar surface area (TPSA) is 58.4 Å². The molecule has 0 amide bonds. The lowest BCUT2D eigenvalue weighted by Crippen LogP contribution is -2.29. The summed E-state index contributed by atoms with van der Waals surface area (Å²) in [7, 11) is 0. The lowest BCUT2D eigenvalue weighted by molar-refractivity contribution is -0.138. The summed E-state index contributed by atoms with van der Waals surface area (Å²) < 4.78 is 1.86. The summed E-state index contributed by atoms with van der Waals surface area (Å²) >= 11 is 0. The van der Waals surface area contributed by atoms with Gasteiger partial charge in [-0.25, -0.2) is 0 Å². The summed E-state index contributed by atoms with van der Waals surface area (Å²) in [6, 6.07) is 2.23. The highest BCUT2D eigenvalue weighted by Crippen LogP contribution is 2.06. The smallest absolute Gasteiger partial charge is 0.317 e. The van der Waals surface area contributed by atoms with E-state index >= 15 is 0 Å². The average molecular weight is 237 g/mol. The predicted molar refractivity (Wildman–Crippen MR) is 65.7 cm³/mol. The van der Waals surface area contributed by atoms with Crippen LogP contribution in [0.4, 0.5) is 0 Å². The molecule has 1 aromatic rings. The Morgan fingerprint density at radius 1 is 1.71 bits per heavy atom. The Morgan fingerprint density at radius 2 is 2.41 bits per heavy atom. The van der Waals surface area contributed by atoms with E-state index in [2.05, 4.69) is 25.5 Å². The molecule has 1 heterocycles. The van der Waals surface area contributed by atoms with Crippen molar-refractivity contribution in [2.24, 2.45) is 0 Å². The van der Waals surface area contributed by atoms with E-state index in [0.29, 0.717) is 19.1 Å². The first-order chi connectivity index (χ1) is 8.02. The molecule has 0 bridgehead atoms. The molecule has 1 rings (SSSR count). The Hall–Kier alpha value is -1.62. The van der Waals surface area contributed by atoms with Crippen molar-refractivity contribution < 1.29 is 9.90 Å². The van der Waals surface area contributed by atoms with Gasteiger partial charge in [0.1, 0.15) is 0 Å². The zero-order valence-corrected chi connectivity index (χ0v) is 10.3. The van der Waals surface area contributed by atoms with Crippen molar-refractivity contribution in [3.63, 3.8) is 0 Å². The number of nitrogens with zero attached hydrogens (tertiary/aromatic N) is 3. The van der Waals surface area contributed by atoms with Gasteiger partial charge in [0.25, 0.3) is 0 Å². The Balaban J connectivity index is 2.64. The first kappa shape index (κ1) is 13.4. The number of aromatic nitrogens is 2. The largest absolute Gasteiger partial charge is 0.480 e. The molecule has 0 saturated heterocycles. The third kappa shape index (κ3) is 4.40. The van der Waals surface area contributed by atoms with Gasteiger partial charge >= 0.3 is 5.97 Å². The third-order valence-electron chi connectivity index (χ3n) is 2.32. The van der Waals surface area contributed by atoms with Gasteiger partial charge in [-0.15, -0.1) is 6.58 Å². The Labute approximate surface area is 101 Å². The van der Waals surface area contributed by atoms with Crippen molar-refractivity contribution in [2.75, 3.05) is 13.1 Å². The molecule has 1 aromatic heterocycles. The summed E-state index contributed by atoms with van der Waals surface area (Å²) in [6.07, 6.45) is 3.61. The summed E-state index contributed by atoms with van der Waals surface area (Å²) in [6.45, 7) is 8.79. The molecule has 0 saturated carbocycles. The monoisotopic (exact) mass is 237 g/mol. The maximum absolute atomic E-state index is 10.7. The van der Waals surface area contributed by atoms with Crippen molar-refractivity contribution in [3.8, 4) is 0 Å². The molecule has 94 valence electrons. The van der Waals surface area contributed by atoms with Crippen LogP contribution >= 0.6 is 0 Å². The van der Waals surface area contributed by atoms with Crippen LogP contribution in [0.15, 0.2) is 24.9 Å². The summed E-state index contributed by atoms with van der Waals surface area (Å²) in [4.78, 5) is 12.5. The number of carbonyl (C=O) groups is 1. The van der Waals surface area contributed by atoms with Crippen LogP contribution < -0.4 is 0 Å². The summed E-state index contributed by atoms with van der Waals surface area (Å²) in [5, 5.41) is 13.2. The number of hydrogen-bond acceptors (Lipinski definition) is 3. The van der Waals surface area contributed by atoms with Crippen molar-refractivity contribution in [1.29, 1.82) is 0 Å². The Bertz CT molecular complexity index is 385. The first-order valence-corrected chi connectivity index (χ1v) is 5.62. The molecular formula is C12H19N3O2. The Kier molecular flexibility index (Phi) is 4.90. The Morgan fingerprint density at radius 3 is 2.88 bits per heavy atom. The minimum atomic E-state index is -0.838. The fourth-order valence-corrected chi connectivity index (χ4v) is 1.54. The van der Waals surface area contributed by atoms with Gasteiger partial charge in [0.15, 0.2) is 0 Å². The van der Waals surface area contributed by atoms with E-state index < -0.39 is 5.97 Å². The summed E-state index contributed by atoms with van der Waals surface area (Å²) in [5.74, 6) is -0.838. The normalized spacial score (nSPS) is 11.1. The highest BCUT2D eigenvalue weighted by atomic mass is 16.4. The second-order valence-corrected chi connectivity index (χ2v) is 4.23. The number of hydrogen-bond donors (Lipinski definition) is 1. The minimum Gasteiger partial charge on any atom is -0.480 e. The molecule has 0 spiro atoms. The van der Waals surface area contributed by atoms with Crippen LogP contribution in [0, 0.1) is 0 Å². The van der Waals surface area contributed by atoms with E-state index in [1.165, 1.54) is 0 Å².